The fraction of sp³-hybridized carbons (Fsp3) is 0.421. The van der Waals surface area contributed by atoms with Gasteiger partial charge < -0.3 is 10.4 Å². The molecule has 1 atom stereocenters. The second-order valence-electron chi connectivity index (χ2n) is 7.08. The van der Waals surface area contributed by atoms with Gasteiger partial charge >= 0.3 is 11.7 Å². The summed E-state index contributed by atoms with van der Waals surface area (Å²) in [6.45, 7) is 1.62. The first-order valence-electron chi connectivity index (χ1n) is 9.18. The molecule has 1 saturated carbocycles. The summed E-state index contributed by atoms with van der Waals surface area (Å²) in [7, 11) is 0. The molecule has 2 aromatic heterocycles. The smallest absolute Gasteiger partial charge is 0.337 e. The van der Waals surface area contributed by atoms with E-state index in [1.807, 2.05) is 0 Å². The molecule has 1 amide bonds. The molecular weight excluding hydrogens is 364 g/mol. The summed E-state index contributed by atoms with van der Waals surface area (Å²) in [5, 5.41) is 11.6. The molecule has 1 unspecified atom stereocenters. The first-order chi connectivity index (χ1) is 13.3. The van der Waals surface area contributed by atoms with Crippen LogP contribution in [0.3, 0.4) is 0 Å². The van der Waals surface area contributed by atoms with Crippen molar-refractivity contribution in [3.8, 4) is 0 Å². The van der Waals surface area contributed by atoms with E-state index in [9.17, 15) is 19.2 Å². The lowest BCUT2D eigenvalue weighted by atomic mass is 9.97. The summed E-state index contributed by atoms with van der Waals surface area (Å²) >= 11 is 0. The van der Waals surface area contributed by atoms with Crippen LogP contribution in [-0.2, 0) is 4.79 Å². The number of pyridine rings is 1. The molecule has 1 aliphatic carbocycles. The van der Waals surface area contributed by atoms with Gasteiger partial charge in [-0.15, -0.1) is 0 Å². The van der Waals surface area contributed by atoms with Crippen molar-refractivity contribution in [2.45, 2.75) is 45.1 Å². The van der Waals surface area contributed by atoms with Crippen LogP contribution in [0.4, 0.5) is 5.82 Å². The van der Waals surface area contributed by atoms with Gasteiger partial charge in [0.2, 0.25) is 5.91 Å². The standard InChI is InChI=1S/C19H22N4O5/c1-11-8-16(24)22-19(28)23(11)14(9-12-4-2-3-5-12)17(25)21-15-7-6-13(10-20-15)18(26)27/h6-8,10,12,14H,2-5,9H2,1H3,(H,26,27)(H,20,21,25)(H,22,24,28). The van der Waals surface area contributed by atoms with Crippen molar-refractivity contribution >= 4 is 17.7 Å². The zero-order valence-corrected chi connectivity index (χ0v) is 15.5. The first-order valence-corrected chi connectivity index (χ1v) is 9.18. The maximum atomic E-state index is 13.0. The van der Waals surface area contributed by atoms with Crippen molar-refractivity contribution in [3.05, 3.63) is 56.5 Å². The van der Waals surface area contributed by atoms with E-state index < -0.39 is 29.2 Å². The lowest BCUT2D eigenvalue weighted by Gasteiger charge is -2.23. The van der Waals surface area contributed by atoms with Crippen LogP contribution in [-0.4, -0.2) is 31.5 Å². The van der Waals surface area contributed by atoms with E-state index >= 15 is 0 Å². The second kappa shape index (κ2) is 8.20. The molecule has 0 aromatic carbocycles. The molecule has 2 heterocycles. The molecule has 1 aliphatic rings. The normalized spacial score (nSPS) is 15.3. The minimum Gasteiger partial charge on any atom is -0.478 e. The first kappa shape index (κ1) is 19.5. The Kier molecular flexibility index (Phi) is 5.72. The number of aromatic nitrogens is 3. The Labute approximate surface area is 160 Å². The topological polar surface area (TPSA) is 134 Å². The van der Waals surface area contributed by atoms with E-state index in [1.54, 1.807) is 6.92 Å². The predicted molar refractivity (Wildman–Crippen MR) is 101 cm³/mol. The molecule has 3 rings (SSSR count). The number of carbonyl (C=O) groups is 2. The Balaban J connectivity index is 1.89. The van der Waals surface area contributed by atoms with Crippen molar-refractivity contribution in [3.63, 3.8) is 0 Å². The Morgan fingerprint density at radius 3 is 2.61 bits per heavy atom. The molecule has 2 aromatic rings. The maximum Gasteiger partial charge on any atom is 0.337 e. The predicted octanol–water partition coefficient (Wildman–Crippen LogP) is 1.70. The number of carbonyl (C=O) groups excluding carboxylic acids is 1. The number of aromatic amines is 1. The van der Waals surface area contributed by atoms with Gasteiger partial charge in [0, 0.05) is 18.0 Å². The molecule has 9 nitrogen and oxygen atoms in total. The molecule has 0 aliphatic heterocycles. The van der Waals surface area contributed by atoms with Gasteiger partial charge in [-0.2, -0.15) is 0 Å². The highest BCUT2D eigenvalue weighted by molar-refractivity contribution is 5.93. The van der Waals surface area contributed by atoms with Gasteiger partial charge in [-0.05, 0) is 31.4 Å². The highest BCUT2D eigenvalue weighted by Crippen LogP contribution is 2.32. The Morgan fingerprint density at radius 2 is 2.04 bits per heavy atom. The number of nitrogens with zero attached hydrogens (tertiary/aromatic N) is 2. The van der Waals surface area contributed by atoms with Crippen LogP contribution in [0.25, 0.3) is 0 Å². The Morgan fingerprint density at radius 1 is 1.32 bits per heavy atom. The molecular formula is C19H22N4O5. The number of nitrogens with one attached hydrogen (secondary N) is 2. The number of anilines is 1. The quantitative estimate of drug-likeness (QED) is 0.692. The minimum atomic E-state index is -1.11. The lowest BCUT2D eigenvalue weighted by molar-refractivity contribution is -0.120. The summed E-state index contributed by atoms with van der Waals surface area (Å²) in [6.07, 6.45) is 5.81. The molecule has 0 bridgehead atoms. The second-order valence-corrected chi connectivity index (χ2v) is 7.08. The average Bonchev–Trinajstić information content (AvgIpc) is 3.13. The van der Waals surface area contributed by atoms with Crippen LogP contribution in [0, 0.1) is 12.8 Å². The van der Waals surface area contributed by atoms with Crippen molar-refractivity contribution in [2.24, 2.45) is 5.92 Å². The number of H-pyrrole nitrogens is 1. The summed E-state index contributed by atoms with van der Waals surface area (Å²) in [6, 6.07) is 3.23. The SMILES string of the molecule is Cc1cc(=O)[nH]c(=O)n1C(CC1CCCC1)C(=O)Nc1ccc(C(=O)O)cn1. The van der Waals surface area contributed by atoms with Crippen LogP contribution in [0.15, 0.2) is 34.0 Å². The number of rotatable bonds is 6. The lowest BCUT2D eigenvalue weighted by Crippen LogP contribution is -2.39. The van der Waals surface area contributed by atoms with Gasteiger partial charge in [-0.1, -0.05) is 25.7 Å². The molecule has 148 valence electrons. The van der Waals surface area contributed by atoms with Crippen LogP contribution in [0.5, 0.6) is 0 Å². The van der Waals surface area contributed by atoms with Gasteiger partial charge in [0.15, 0.2) is 0 Å². The molecule has 0 saturated heterocycles. The third kappa shape index (κ3) is 4.36. The zero-order chi connectivity index (χ0) is 20.3. The third-order valence-electron chi connectivity index (χ3n) is 5.08. The fourth-order valence-electron chi connectivity index (χ4n) is 3.70. The molecule has 0 spiro atoms. The minimum absolute atomic E-state index is 0.00760. The van der Waals surface area contributed by atoms with Crippen molar-refractivity contribution in [1.29, 1.82) is 0 Å². The molecule has 0 radical (unpaired) electrons. The van der Waals surface area contributed by atoms with Gasteiger partial charge in [-0.25, -0.2) is 14.6 Å². The van der Waals surface area contributed by atoms with Gasteiger partial charge in [0.05, 0.1) is 5.56 Å². The van der Waals surface area contributed by atoms with Crippen LogP contribution >= 0.6 is 0 Å². The molecule has 9 heteroatoms. The van der Waals surface area contributed by atoms with Crippen molar-refractivity contribution in [2.75, 3.05) is 5.32 Å². The summed E-state index contributed by atoms with van der Waals surface area (Å²) in [5.41, 5.74) is -0.726. The number of hydrogen-bond acceptors (Lipinski definition) is 5. The highest BCUT2D eigenvalue weighted by Gasteiger charge is 2.29. The van der Waals surface area contributed by atoms with E-state index in [-0.39, 0.29) is 11.4 Å². The van der Waals surface area contributed by atoms with Crippen LogP contribution < -0.4 is 16.6 Å². The monoisotopic (exact) mass is 386 g/mol. The van der Waals surface area contributed by atoms with Gasteiger partial charge in [0.1, 0.15) is 11.9 Å². The summed E-state index contributed by atoms with van der Waals surface area (Å²) < 4.78 is 1.31. The van der Waals surface area contributed by atoms with Gasteiger partial charge in [0.25, 0.3) is 5.56 Å². The summed E-state index contributed by atoms with van der Waals surface area (Å²) in [4.78, 5) is 54.0. The highest BCUT2D eigenvalue weighted by atomic mass is 16.4. The maximum absolute atomic E-state index is 13.0. The van der Waals surface area contributed by atoms with Crippen LogP contribution in [0.1, 0.15) is 54.2 Å². The number of amides is 1. The molecule has 1 fully saturated rings. The zero-order valence-electron chi connectivity index (χ0n) is 15.5. The largest absolute Gasteiger partial charge is 0.478 e. The van der Waals surface area contributed by atoms with E-state index in [0.29, 0.717) is 18.0 Å². The van der Waals surface area contributed by atoms with Gasteiger partial charge in [-0.3, -0.25) is 19.1 Å². The molecule has 3 N–H and O–H groups in total. The van der Waals surface area contributed by atoms with Crippen molar-refractivity contribution in [1.82, 2.24) is 14.5 Å². The fourth-order valence-corrected chi connectivity index (χ4v) is 3.70. The number of carboxylic acids is 1. The number of carboxylic acid groups (broad SMARTS) is 1. The summed E-state index contributed by atoms with van der Waals surface area (Å²) in [5.74, 6) is -1.03. The number of aromatic carboxylic acids is 1. The molecule has 28 heavy (non-hydrogen) atoms. The number of aryl methyl sites for hydroxylation is 1. The van der Waals surface area contributed by atoms with E-state index in [4.69, 9.17) is 5.11 Å². The number of hydrogen-bond donors (Lipinski definition) is 3. The average molecular weight is 386 g/mol. The Bertz CT molecular complexity index is 987. The Hall–Kier alpha value is -3.23. The third-order valence-corrected chi connectivity index (χ3v) is 5.08. The van der Waals surface area contributed by atoms with E-state index in [2.05, 4.69) is 15.3 Å². The van der Waals surface area contributed by atoms with Crippen molar-refractivity contribution < 1.29 is 14.7 Å². The van der Waals surface area contributed by atoms with E-state index in [1.165, 1.54) is 22.8 Å². The van der Waals surface area contributed by atoms with Crippen LogP contribution in [0.2, 0.25) is 0 Å². The van der Waals surface area contributed by atoms with E-state index in [0.717, 1.165) is 31.9 Å².